The van der Waals surface area contributed by atoms with Crippen molar-refractivity contribution in [1.29, 1.82) is 0 Å². The van der Waals surface area contributed by atoms with Crippen LogP contribution in [0.5, 0.6) is 5.75 Å². The van der Waals surface area contributed by atoms with Crippen LogP contribution in [-0.4, -0.2) is 23.3 Å². The van der Waals surface area contributed by atoms with Gasteiger partial charge in [-0.15, -0.1) is 0 Å². The van der Waals surface area contributed by atoms with E-state index < -0.39 is 18.2 Å². The highest BCUT2D eigenvalue weighted by atomic mass is 19.1. The van der Waals surface area contributed by atoms with Gasteiger partial charge in [0.1, 0.15) is 11.6 Å². The van der Waals surface area contributed by atoms with Crippen LogP contribution in [0.25, 0.3) is 0 Å². The summed E-state index contributed by atoms with van der Waals surface area (Å²) < 4.78 is 18.4. The summed E-state index contributed by atoms with van der Waals surface area (Å²) >= 11 is 0. The van der Waals surface area contributed by atoms with Gasteiger partial charge in [-0.25, -0.2) is 15.2 Å². The van der Waals surface area contributed by atoms with Crippen LogP contribution in [0.3, 0.4) is 0 Å². The van der Waals surface area contributed by atoms with E-state index in [2.05, 4.69) is 28.2 Å². The summed E-state index contributed by atoms with van der Waals surface area (Å²) in [6.07, 6.45) is -0.199. The minimum Gasteiger partial charge on any atom is -0.480 e. The van der Waals surface area contributed by atoms with Crippen LogP contribution in [0.1, 0.15) is 11.1 Å². The lowest BCUT2D eigenvalue weighted by molar-refractivity contribution is -0.141. The van der Waals surface area contributed by atoms with Crippen LogP contribution in [0.15, 0.2) is 48.5 Å². The normalized spacial score (nSPS) is 19.1. The highest BCUT2D eigenvalue weighted by molar-refractivity contribution is 5.74. The van der Waals surface area contributed by atoms with Crippen LogP contribution < -0.4 is 21.1 Å². The first-order chi connectivity index (χ1) is 12.1. The van der Waals surface area contributed by atoms with Gasteiger partial charge in [0.15, 0.2) is 12.3 Å². The van der Waals surface area contributed by atoms with Gasteiger partial charge in [0.25, 0.3) is 0 Å². The average Bonchev–Trinajstić information content (AvgIpc) is 3.07. The van der Waals surface area contributed by atoms with E-state index in [1.165, 1.54) is 12.1 Å². The zero-order chi connectivity index (χ0) is 17.6. The molecule has 0 bridgehead atoms. The van der Waals surface area contributed by atoms with Crippen LogP contribution >= 0.6 is 0 Å². The van der Waals surface area contributed by atoms with Crippen LogP contribution in [0, 0.1) is 17.7 Å². The highest BCUT2D eigenvalue weighted by Gasteiger charge is 2.34. The second-order valence-electron chi connectivity index (χ2n) is 5.40. The van der Waals surface area contributed by atoms with E-state index in [0.717, 1.165) is 11.1 Å². The summed E-state index contributed by atoms with van der Waals surface area (Å²) in [4.78, 5) is 11.0. The van der Waals surface area contributed by atoms with Crippen molar-refractivity contribution in [2.24, 2.45) is 0 Å². The predicted octanol–water partition coefficient (Wildman–Crippen LogP) is 1.19. The summed E-state index contributed by atoms with van der Waals surface area (Å²) in [7, 11) is 0. The first-order valence-electron chi connectivity index (χ1n) is 7.61. The third-order valence-corrected chi connectivity index (χ3v) is 3.57. The fourth-order valence-electron chi connectivity index (χ4n) is 2.25. The summed E-state index contributed by atoms with van der Waals surface area (Å²) in [5.74, 6) is 5.29. The van der Waals surface area contributed by atoms with Crippen molar-refractivity contribution in [3.63, 3.8) is 0 Å². The maximum absolute atomic E-state index is 12.8. The lowest BCUT2D eigenvalue weighted by Crippen LogP contribution is -2.44. The summed E-state index contributed by atoms with van der Waals surface area (Å²) in [5, 5.41) is 9.05. The maximum Gasteiger partial charge on any atom is 0.327 e. The van der Waals surface area contributed by atoms with E-state index in [-0.39, 0.29) is 5.82 Å². The molecule has 0 amide bonds. The molecule has 2 atom stereocenters. The number of nitrogens with one attached hydrogen (secondary N) is 3. The SMILES string of the molecule is O=C(O)C1NNNC1Oc1ccc(C#CCc2ccc(F)cc2)cc1. The Morgan fingerprint density at radius 2 is 1.84 bits per heavy atom. The molecule has 3 rings (SSSR count). The number of carboxylic acids is 1. The molecule has 1 saturated heterocycles. The molecule has 4 N–H and O–H groups in total. The van der Waals surface area contributed by atoms with Gasteiger partial charge in [0, 0.05) is 12.0 Å². The van der Waals surface area contributed by atoms with Gasteiger partial charge in [0.2, 0.25) is 0 Å². The summed E-state index contributed by atoms with van der Waals surface area (Å²) in [6.45, 7) is 0. The minimum absolute atomic E-state index is 0.264. The number of carboxylic acid groups (broad SMARTS) is 1. The Labute approximate surface area is 143 Å². The molecule has 2 aromatic carbocycles. The average molecular weight is 341 g/mol. The van der Waals surface area contributed by atoms with Gasteiger partial charge in [-0.1, -0.05) is 24.0 Å². The molecule has 0 radical (unpaired) electrons. The molecule has 0 saturated carbocycles. The van der Waals surface area contributed by atoms with Gasteiger partial charge in [-0.3, -0.25) is 4.79 Å². The molecule has 0 aromatic heterocycles. The van der Waals surface area contributed by atoms with E-state index in [4.69, 9.17) is 9.84 Å². The van der Waals surface area contributed by atoms with E-state index >= 15 is 0 Å². The van der Waals surface area contributed by atoms with Crippen molar-refractivity contribution in [3.05, 3.63) is 65.5 Å². The van der Waals surface area contributed by atoms with Gasteiger partial charge in [-0.2, -0.15) is 5.53 Å². The molecular weight excluding hydrogens is 325 g/mol. The lowest BCUT2D eigenvalue weighted by Gasteiger charge is -2.16. The van der Waals surface area contributed by atoms with Crippen LogP contribution in [0.2, 0.25) is 0 Å². The van der Waals surface area contributed by atoms with E-state index in [0.29, 0.717) is 12.2 Å². The van der Waals surface area contributed by atoms with Crippen molar-refractivity contribution in [2.75, 3.05) is 0 Å². The second-order valence-corrected chi connectivity index (χ2v) is 5.40. The lowest BCUT2D eigenvalue weighted by atomic mass is 10.1. The Bertz CT molecular complexity index is 797. The molecule has 1 aliphatic heterocycles. The molecule has 25 heavy (non-hydrogen) atoms. The molecule has 0 aliphatic carbocycles. The molecule has 2 aromatic rings. The molecule has 7 heteroatoms. The number of hydrogen-bond acceptors (Lipinski definition) is 5. The van der Waals surface area contributed by atoms with E-state index in [1.54, 1.807) is 36.4 Å². The minimum atomic E-state index is -1.02. The van der Waals surface area contributed by atoms with Crippen molar-refractivity contribution in [2.45, 2.75) is 18.7 Å². The molecule has 128 valence electrons. The molecule has 1 aliphatic rings. The number of halogens is 1. The number of benzene rings is 2. The Kier molecular flexibility index (Phi) is 5.26. The monoisotopic (exact) mass is 341 g/mol. The van der Waals surface area contributed by atoms with Crippen LogP contribution in [-0.2, 0) is 11.2 Å². The Morgan fingerprint density at radius 1 is 1.12 bits per heavy atom. The van der Waals surface area contributed by atoms with E-state index in [9.17, 15) is 9.18 Å². The van der Waals surface area contributed by atoms with Gasteiger partial charge in [0.05, 0.1) is 0 Å². The first kappa shape index (κ1) is 16.9. The standard InChI is InChI=1S/C18H16FN3O3/c19-14-8-4-12(5-9-14)2-1-3-13-6-10-15(11-7-13)25-17-16(18(23)24)20-22-21-17/h4-11,16-17,20-22H,2H2,(H,23,24). The third-order valence-electron chi connectivity index (χ3n) is 3.57. The molecular formula is C18H16FN3O3. The quantitative estimate of drug-likeness (QED) is 0.626. The molecule has 1 heterocycles. The Morgan fingerprint density at radius 3 is 2.52 bits per heavy atom. The Hall–Kier alpha value is -2.92. The number of aliphatic carboxylic acids is 1. The molecule has 0 spiro atoms. The number of carbonyl (C=O) groups is 1. The van der Waals surface area contributed by atoms with Gasteiger partial charge < -0.3 is 9.84 Å². The number of ether oxygens (including phenoxy) is 1. The molecule has 2 unspecified atom stereocenters. The van der Waals surface area contributed by atoms with Crippen LogP contribution in [0.4, 0.5) is 4.39 Å². The summed E-state index contributed by atoms with van der Waals surface area (Å²) in [5.41, 5.74) is 9.52. The van der Waals surface area contributed by atoms with Gasteiger partial charge in [-0.05, 0) is 42.0 Å². The molecule has 6 nitrogen and oxygen atoms in total. The van der Waals surface area contributed by atoms with Crippen molar-refractivity contribution < 1.29 is 19.0 Å². The third kappa shape index (κ3) is 4.55. The summed E-state index contributed by atoms with van der Waals surface area (Å²) in [6, 6.07) is 12.4. The number of hydrogen-bond donors (Lipinski definition) is 4. The zero-order valence-electron chi connectivity index (χ0n) is 13.1. The largest absolute Gasteiger partial charge is 0.480 e. The van der Waals surface area contributed by atoms with Crippen molar-refractivity contribution in [1.82, 2.24) is 16.4 Å². The fraction of sp³-hybridized carbons (Fsp3) is 0.167. The number of rotatable bonds is 4. The fourth-order valence-corrected chi connectivity index (χ4v) is 2.25. The molecule has 1 fully saturated rings. The smallest absolute Gasteiger partial charge is 0.327 e. The zero-order valence-corrected chi connectivity index (χ0v) is 13.1. The highest BCUT2D eigenvalue weighted by Crippen LogP contribution is 2.15. The first-order valence-corrected chi connectivity index (χ1v) is 7.61. The topological polar surface area (TPSA) is 82.6 Å². The predicted molar refractivity (Wildman–Crippen MR) is 88.7 cm³/mol. The van der Waals surface area contributed by atoms with Crippen molar-refractivity contribution >= 4 is 5.97 Å². The maximum atomic E-state index is 12.8. The van der Waals surface area contributed by atoms with E-state index in [1.807, 2.05) is 0 Å². The van der Waals surface area contributed by atoms with Crippen molar-refractivity contribution in [3.8, 4) is 17.6 Å². The second kappa shape index (κ2) is 7.77. The Balaban J connectivity index is 1.58. The van der Waals surface area contributed by atoms with Gasteiger partial charge >= 0.3 is 5.97 Å². The number of hydrazine groups is 2.